The van der Waals surface area contributed by atoms with Gasteiger partial charge in [-0.15, -0.1) is 0 Å². The standard InChI is InChI=1S/C24H24FN5O2/c25-18-8-9-19-21(17-18)30(24(32)20-5-3-11-29(19)20)12-4-7-23(31)28-15-13-27(14-16-28)22-6-1-2-10-26-22/h1-3,5-6,8-11,17H,4,7,12-16H2. The summed E-state index contributed by atoms with van der Waals surface area (Å²) in [5.74, 6) is 0.621. The van der Waals surface area contributed by atoms with Gasteiger partial charge in [0.05, 0.1) is 11.0 Å². The van der Waals surface area contributed by atoms with E-state index in [0.717, 1.165) is 24.4 Å². The molecule has 1 aromatic carbocycles. The molecule has 0 bridgehead atoms. The van der Waals surface area contributed by atoms with Gasteiger partial charge in [-0.25, -0.2) is 9.37 Å². The minimum atomic E-state index is -0.390. The molecule has 1 amide bonds. The summed E-state index contributed by atoms with van der Waals surface area (Å²) in [6, 6.07) is 13.8. The zero-order valence-corrected chi connectivity index (χ0v) is 17.7. The van der Waals surface area contributed by atoms with Crippen LogP contribution in [0.5, 0.6) is 0 Å². The number of rotatable bonds is 5. The van der Waals surface area contributed by atoms with Crippen LogP contribution < -0.4 is 10.5 Å². The number of aryl methyl sites for hydroxylation is 1. The quantitative estimate of drug-likeness (QED) is 0.486. The van der Waals surface area contributed by atoms with Crippen LogP contribution in [0.2, 0.25) is 0 Å². The summed E-state index contributed by atoms with van der Waals surface area (Å²) in [5.41, 5.74) is 1.67. The Kier molecular flexibility index (Phi) is 5.34. The van der Waals surface area contributed by atoms with Crippen molar-refractivity contribution < 1.29 is 9.18 Å². The van der Waals surface area contributed by atoms with E-state index < -0.39 is 0 Å². The molecule has 164 valence electrons. The van der Waals surface area contributed by atoms with Crippen LogP contribution in [0.1, 0.15) is 12.8 Å². The van der Waals surface area contributed by atoms with Gasteiger partial charge in [0.2, 0.25) is 5.91 Å². The number of piperazine rings is 1. The molecule has 0 aliphatic carbocycles. The van der Waals surface area contributed by atoms with Crippen molar-refractivity contribution in [3.8, 4) is 0 Å². The summed E-state index contributed by atoms with van der Waals surface area (Å²) in [6.45, 7) is 3.16. The van der Waals surface area contributed by atoms with E-state index in [0.29, 0.717) is 43.5 Å². The Balaban J connectivity index is 1.26. The van der Waals surface area contributed by atoms with Gasteiger partial charge in [0.1, 0.15) is 17.2 Å². The number of carbonyl (C=O) groups excluding carboxylic acids is 1. The van der Waals surface area contributed by atoms with Crippen molar-refractivity contribution in [1.82, 2.24) is 18.9 Å². The van der Waals surface area contributed by atoms with Crippen LogP contribution in [0.4, 0.5) is 10.2 Å². The lowest BCUT2D eigenvalue weighted by Crippen LogP contribution is -2.49. The summed E-state index contributed by atoms with van der Waals surface area (Å²) in [7, 11) is 0. The van der Waals surface area contributed by atoms with E-state index >= 15 is 0 Å². The fraction of sp³-hybridized carbons (Fsp3) is 0.292. The monoisotopic (exact) mass is 433 g/mol. The number of aromatic nitrogens is 3. The molecule has 0 N–H and O–H groups in total. The van der Waals surface area contributed by atoms with Crippen molar-refractivity contribution in [2.75, 3.05) is 31.1 Å². The van der Waals surface area contributed by atoms with Crippen molar-refractivity contribution in [3.63, 3.8) is 0 Å². The second-order valence-corrected chi connectivity index (χ2v) is 8.01. The first-order valence-corrected chi connectivity index (χ1v) is 10.8. The maximum absolute atomic E-state index is 13.9. The average Bonchev–Trinajstić information content (AvgIpc) is 3.32. The molecule has 5 rings (SSSR count). The van der Waals surface area contributed by atoms with Gasteiger partial charge in [0.15, 0.2) is 0 Å². The van der Waals surface area contributed by atoms with Crippen LogP contribution in [-0.2, 0) is 11.3 Å². The van der Waals surface area contributed by atoms with Crippen LogP contribution in [0.25, 0.3) is 16.6 Å². The maximum Gasteiger partial charge on any atom is 0.275 e. The molecule has 0 spiro atoms. The van der Waals surface area contributed by atoms with E-state index in [9.17, 15) is 14.0 Å². The SMILES string of the molecule is O=C(CCCn1c(=O)c2cccn2c2ccc(F)cc21)N1CCN(c2ccccn2)CC1. The Bertz CT molecular complexity index is 1320. The van der Waals surface area contributed by atoms with E-state index in [4.69, 9.17) is 0 Å². The molecule has 0 atom stereocenters. The second kappa shape index (κ2) is 8.45. The average molecular weight is 433 g/mol. The number of hydrogen-bond acceptors (Lipinski definition) is 4. The number of nitrogens with zero attached hydrogens (tertiary/aromatic N) is 5. The molecule has 1 saturated heterocycles. The van der Waals surface area contributed by atoms with Crippen LogP contribution >= 0.6 is 0 Å². The largest absolute Gasteiger partial charge is 0.353 e. The fourth-order valence-corrected chi connectivity index (χ4v) is 4.42. The predicted octanol–water partition coefficient (Wildman–Crippen LogP) is 2.92. The second-order valence-electron chi connectivity index (χ2n) is 8.01. The van der Waals surface area contributed by atoms with Gasteiger partial charge in [-0.3, -0.25) is 9.59 Å². The lowest BCUT2D eigenvalue weighted by Gasteiger charge is -2.35. The third-order valence-corrected chi connectivity index (χ3v) is 6.08. The Morgan fingerprint density at radius 1 is 0.969 bits per heavy atom. The number of anilines is 1. The summed E-state index contributed by atoms with van der Waals surface area (Å²) in [6.07, 6.45) is 4.44. The van der Waals surface area contributed by atoms with Crippen LogP contribution in [0.3, 0.4) is 0 Å². The predicted molar refractivity (Wildman–Crippen MR) is 121 cm³/mol. The zero-order chi connectivity index (χ0) is 22.1. The minimum absolute atomic E-state index is 0.0815. The van der Waals surface area contributed by atoms with Gasteiger partial charge in [0, 0.05) is 51.5 Å². The van der Waals surface area contributed by atoms with Crippen molar-refractivity contribution in [1.29, 1.82) is 0 Å². The summed E-state index contributed by atoms with van der Waals surface area (Å²) in [4.78, 5) is 34.1. The Morgan fingerprint density at radius 3 is 2.59 bits per heavy atom. The topological polar surface area (TPSA) is 62.9 Å². The summed E-state index contributed by atoms with van der Waals surface area (Å²) in [5, 5.41) is 0. The molecule has 3 aromatic heterocycles. The highest BCUT2D eigenvalue weighted by atomic mass is 19.1. The third kappa shape index (κ3) is 3.72. The molecular weight excluding hydrogens is 409 g/mol. The number of pyridine rings is 1. The van der Waals surface area contributed by atoms with Crippen molar-refractivity contribution >= 4 is 28.3 Å². The molecule has 4 aromatic rings. The van der Waals surface area contributed by atoms with Crippen molar-refractivity contribution in [3.05, 3.63) is 77.1 Å². The molecule has 8 heteroatoms. The van der Waals surface area contributed by atoms with E-state index in [2.05, 4.69) is 9.88 Å². The normalized spacial score (nSPS) is 14.4. The highest BCUT2D eigenvalue weighted by Gasteiger charge is 2.21. The van der Waals surface area contributed by atoms with Gasteiger partial charge in [-0.2, -0.15) is 0 Å². The molecule has 1 aliphatic rings. The minimum Gasteiger partial charge on any atom is -0.353 e. The van der Waals surface area contributed by atoms with Crippen molar-refractivity contribution in [2.45, 2.75) is 19.4 Å². The van der Waals surface area contributed by atoms with E-state index in [1.54, 1.807) is 39.6 Å². The number of halogens is 1. The van der Waals surface area contributed by atoms with E-state index in [1.165, 1.54) is 12.1 Å². The first-order chi connectivity index (χ1) is 15.6. The Morgan fingerprint density at radius 2 is 1.81 bits per heavy atom. The number of fused-ring (bicyclic) bond motifs is 3. The highest BCUT2D eigenvalue weighted by Crippen LogP contribution is 2.18. The molecule has 1 fully saturated rings. The third-order valence-electron chi connectivity index (χ3n) is 6.08. The molecule has 32 heavy (non-hydrogen) atoms. The van der Waals surface area contributed by atoms with Crippen LogP contribution in [0, 0.1) is 5.82 Å². The van der Waals surface area contributed by atoms with Gasteiger partial charge in [0.25, 0.3) is 5.56 Å². The van der Waals surface area contributed by atoms with E-state index in [-0.39, 0.29) is 17.3 Å². The molecule has 0 unspecified atom stereocenters. The molecular formula is C24H24FN5O2. The van der Waals surface area contributed by atoms with Gasteiger partial charge >= 0.3 is 0 Å². The van der Waals surface area contributed by atoms with Crippen LogP contribution in [0.15, 0.2) is 65.7 Å². The molecule has 4 heterocycles. The lowest BCUT2D eigenvalue weighted by atomic mass is 10.2. The number of carbonyl (C=O) groups is 1. The number of hydrogen-bond donors (Lipinski definition) is 0. The molecule has 0 radical (unpaired) electrons. The first-order valence-electron chi connectivity index (χ1n) is 10.8. The zero-order valence-electron chi connectivity index (χ0n) is 17.7. The van der Waals surface area contributed by atoms with Gasteiger partial charge in [-0.05, 0) is 48.9 Å². The number of benzene rings is 1. The highest BCUT2D eigenvalue weighted by molar-refractivity contribution is 5.79. The summed E-state index contributed by atoms with van der Waals surface area (Å²) >= 11 is 0. The Labute approximate surface area is 184 Å². The number of amides is 1. The smallest absolute Gasteiger partial charge is 0.275 e. The Hall–Kier alpha value is -3.68. The maximum atomic E-state index is 13.9. The lowest BCUT2D eigenvalue weighted by molar-refractivity contribution is -0.131. The summed E-state index contributed by atoms with van der Waals surface area (Å²) < 4.78 is 17.3. The van der Waals surface area contributed by atoms with Crippen molar-refractivity contribution in [2.24, 2.45) is 0 Å². The first kappa shape index (κ1) is 20.2. The van der Waals surface area contributed by atoms with Gasteiger partial charge in [-0.1, -0.05) is 6.07 Å². The van der Waals surface area contributed by atoms with Gasteiger partial charge < -0.3 is 18.8 Å². The molecule has 7 nitrogen and oxygen atoms in total. The van der Waals surface area contributed by atoms with E-state index in [1.807, 2.05) is 23.1 Å². The molecule has 0 saturated carbocycles. The van der Waals surface area contributed by atoms with Crippen LogP contribution in [-0.4, -0.2) is 50.9 Å². The fourth-order valence-electron chi connectivity index (χ4n) is 4.42. The molecule has 1 aliphatic heterocycles.